The molecule has 6 nitrogen and oxygen atoms in total. The van der Waals surface area contributed by atoms with Crippen molar-refractivity contribution >= 4 is 39.5 Å². The van der Waals surface area contributed by atoms with Crippen molar-refractivity contribution in [2.75, 3.05) is 37.4 Å². The second-order valence-electron chi connectivity index (χ2n) is 6.75. The molecule has 1 amide bonds. The second kappa shape index (κ2) is 6.72. The van der Waals surface area contributed by atoms with Crippen LogP contribution in [0.1, 0.15) is 23.6 Å². The molecule has 134 valence electrons. The number of carbonyl (C=O) groups is 1. The Morgan fingerprint density at radius 3 is 2.77 bits per heavy atom. The molecule has 3 heterocycles. The summed E-state index contributed by atoms with van der Waals surface area (Å²) in [5.41, 5.74) is 5.83. The summed E-state index contributed by atoms with van der Waals surface area (Å²) >= 11 is 3.57. The minimum absolute atomic E-state index is 0.132. The van der Waals surface area contributed by atoms with Gasteiger partial charge in [0.25, 0.3) is 0 Å². The Kier molecular flexibility index (Phi) is 4.40. The summed E-state index contributed by atoms with van der Waals surface area (Å²) in [7, 11) is 3.82. The lowest BCUT2D eigenvalue weighted by atomic mass is 9.83. The first-order valence-corrected chi connectivity index (χ1v) is 9.34. The zero-order valence-electron chi connectivity index (χ0n) is 14.7. The van der Waals surface area contributed by atoms with Gasteiger partial charge in [0.05, 0.1) is 6.04 Å². The van der Waals surface area contributed by atoms with E-state index in [1.807, 2.05) is 42.4 Å². The van der Waals surface area contributed by atoms with Crippen LogP contribution in [0, 0.1) is 0 Å². The molecule has 0 aliphatic carbocycles. The van der Waals surface area contributed by atoms with Gasteiger partial charge in [0, 0.05) is 60.9 Å². The average Bonchev–Trinajstić information content (AvgIpc) is 2.66. The van der Waals surface area contributed by atoms with E-state index in [0.717, 1.165) is 28.6 Å². The molecule has 2 aliphatic rings. The van der Waals surface area contributed by atoms with Crippen LogP contribution in [0.5, 0.6) is 0 Å². The first kappa shape index (κ1) is 17.0. The summed E-state index contributed by atoms with van der Waals surface area (Å²) in [5.74, 6) is 0.660. The molecule has 2 aromatic rings. The van der Waals surface area contributed by atoms with E-state index >= 15 is 0 Å². The third-order valence-corrected chi connectivity index (χ3v) is 5.45. The molecular formula is C19H20BrN5O. The van der Waals surface area contributed by atoms with Crippen LogP contribution in [-0.4, -0.2) is 48.5 Å². The van der Waals surface area contributed by atoms with Crippen LogP contribution in [0.4, 0.5) is 11.6 Å². The number of hydrogen-bond acceptors (Lipinski definition) is 5. The lowest BCUT2D eigenvalue weighted by Crippen LogP contribution is -2.37. The van der Waals surface area contributed by atoms with Crippen molar-refractivity contribution in [1.29, 1.82) is 0 Å². The Bertz CT molecular complexity index is 878. The smallest absolute Gasteiger partial charge is 0.224 e. The summed E-state index contributed by atoms with van der Waals surface area (Å²) in [4.78, 5) is 24.3. The zero-order chi connectivity index (χ0) is 18.3. The van der Waals surface area contributed by atoms with Crippen LogP contribution in [0.15, 0.2) is 40.6 Å². The van der Waals surface area contributed by atoms with Gasteiger partial charge in [-0.05, 0) is 35.8 Å². The molecule has 7 heteroatoms. The number of amides is 1. The largest absolute Gasteiger partial charge is 0.381 e. The highest BCUT2D eigenvalue weighted by atomic mass is 79.9. The summed E-state index contributed by atoms with van der Waals surface area (Å²) in [6.45, 7) is 1.41. The monoisotopic (exact) mass is 413 g/mol. The van der Waals surface area contributed by atoms with Gasteiger partial charge in [0.2, 0.25) is 12.4 Å². The number of halogens is 1. The topological polar surface area (TPSA) is 61.4 Å². The number of fused-ring (bicyclic) bond motifs is 2. The number of rotatable bonds is 3. The number of carbonyl (C=O) groups excluding carboxylic acids is 1. The van der Waals surface area contributed by atoms with E-state index in [4.69, 9.17) is 0 Å². The first-order valence-electron chi connectivity index (χ1n) is 8.54. The fraction of sp³-hybridized carbons (Fsp3) is 0.316. The van der Waals surface area contributed by atoms with Crippen molar-refractivity contribution in [3.63, 3.8) is 0 Å². The molecular weight excluding hydrogens is 394 g/mol. The van der Waals surface area contributed by atoms with Crippen LogP contribution < -0.4 is 10.2 Å². The average molecular weight is 414 g/mol. The third-order valence-electron chi connectivity index (χ3n) is 4.95. The normalized spacial score (nSPS) is 18.7. The van der Waals surface area contributed by atoms with E-state index in [1.165, 1.54) is 16.7 Å². The van der Waals surface area contributed by atoms with Gasteiger partial charge >= 0.3 is 0 Å². The molecule has 1 aromatic heterocycles. The number of benzene rings is 1. The Hall–Kier alpha value is -2.41. The second-order valence-corrected chi connectivity index (χ2v) is 7.67. The zero-order valence-corrected chi connectivity index (χ0v) is 16.3. The molecule has 26 heavy (non-hydrogen) atoms. The predicted molar refractivity (Wildman–Crippen MR) is 106 cm³/mol. The van der Waals surface area contributed by atoms with Gasteiger partial charge in [-0.1, -0.05) is 15.9 Å². The molecule has 0 fully saturated rings. The summed E-state index contributed by atoms with van der Waals surface area (Å²) in [6.07, 6.45) is 5.45. The summed E-state index contributed by atoms with van der Waals surface area (Å²) in [5, 5.41) is 3.49. The Balaban J connectivity index is 1.81. The molecule has 1 unspecified atom stereocenters. The standard InChI is InChI=1S/C19H20BrN5O/c1-24(2)19-22-8-12(9-23-19)18-16-10-21-17-4-3-13(20)7-15(17)14(16)5-6-25(18)11-26/h3-4,7-9,11,18,21H,5-6,10H2,1-2H3. The highest BCUT2D eigenvalue weighted by Crippen LogP contribution is 2.44. The number of hydrogen-bond donors (Lipinski definition) is 1. The Labute approximate surface area is 161 Å². The van der Waals surface area contributed by atoms with Crippen molar-refractivity contribution in [2.45, 2.75) is 12.5 Å². The van der Waals surface area contributed by atoms with Gasteiger partial charge in [0.1, 0.15) is 0 Å². The van der Waals surface area contributed by atoms with Gasteiger partial charge in [0.15, 0.2) is 0 Å². The van der Waals surface area contributed by atoms with Gasteiger partial charge in [-0.15, -0.1) is 0 Å². The lowest BCUT2D eigenvalue weighted by Gasteiger charge is -2.39. The molecule has 0 radical (unpaired) electrons. The van der Waals surface area contributed by atoms with Crippen LogP contribution in [0.2, 0.25) is 0 Å². The van der Waals surface area contributed by atoms with Crippen LogP contribution >= 0.6 is 15.9 Å². The van der Waals surface area contributed by atoms with Gasteiger partial charge in [-0.3, -0.25) is 4.79 Å². The van der Waals surface area contributed by atoms with Crippen LogP contribution in [0.3, 0.4) is 0 Å². The summed E-state index contributed by atoms with van der Waals surface area (Å²) < 4.78 is 1.06. The van der Waals surface area contributed by atoms with Gasteiger partial charge in [-0.2, -0.15) is 0 Å². The number of nitrogens with zero attached hydrogens (tertiary/aromatic N) is 4. The lowest BCUT2D eigenvalue weighted by molar-refractivity contribution is -0.119. The molecule has 1 atom stereocenters. The van der Waals surface area contributed by atoms with E-state index in [9.17, 15) is 4.79 Å². The molecule has 1 aromatic carbocycles. The molecule has 0 saturated heterocycles. The quantitative estimate of drug-likeness (QED) is 0.783. The third kappa shape index (κ3) is 2.86. The maximum absolute atomic E-state index is 11.7. The highest BCUT2D eigenvalue weighted by Gasteiger charge is 2.33. The van der Waals surface area contributed by atoms with E-state index in [2.05, 4.69) is 43.3 Å². The van der Waals surface area contributed by atoms with E-state index in [-0.39, 0.29) is 6.04 Å². The van der Waals surface area contributed by atoms with E-state index in [1.54, 1.807) is 0 Å². The van der Waals surface area contributed by atoms with Gasteiger partial charge in [-0.25, -0.2) is 9.97 Å². The molecule has 1 N–H and O–H groups in total. The maximum atomic E-state index is 11.7. The van der Waals surface area contributed by atoms with Gasteiger partial charge < -0.3 is 15.1 Å². The summed E-state index contributed by atoms with van der Waals surface area (Å²) in [6, 6.07) is 6.16. The Morgan fingerprint density at radius 2 is 2.08 bits per heavy atom. The minimum Gasteiger partial charge on any atom is -0.381 e. The van der Waals surface area contributed by atoms with E-state index < -0.39 is 0 Å². The fourth-order valence-electron chi connectivity index (χ4n) is 3.73. The van der Waals surface area contributed by atoms with Crippen molar-refractivity contribution in [2.24, 2.45) is 0 Å². The van der Waals surface area contributed by atoms with Crippen LogP contribution in [0.25, 0.3) is 5.57 Å². The first-order chi connectivity index (χ1) is 12.6. The number of aromatic nitrogens is 2. The number of anilines is 2. The SMILES string of the molecule is CN(C)c1ncc(C2C3=C(CCN2C=O)c2cc(Br)ccc2NC3)cn1. The minimum atomic E-state index is -0.132. The van der Waals surface area contributed by atoms with E-state index in [0.29, 0.717) is 19.0 Å². The number of nitrogens with one attached hydrogen (secondary N) is 1. The Morgan fingerprint density at radius 1 is 1.31 bits per heavy atom. The van der Waals surface area contributed by atoms with Crippen LogP contribution in [-0.2, 0) is 4.79 Å². The van der Waals surface area contributed by atoms with Crippen molar-refractivity contribution < 1.29 is 4.79 Å². The molecule has 0 spiro atoms. The molecule has 2 aliphatic heterocycles. The predicted octanol–water partition coefficient (Wildman–Crippen LogP) is 3.09. The molecule has 0 bridgehead atoms. The van der Waals surface area contributed by atoms with Crippen molar-refractivity contribution in [1.82, 2.24) is 14.9 Å². The fourth-order valence-corrected chi connectivity index (χ4v) is 4.09. The highest BCUT2D eigenvalue weighted by molar-refractivity contribution is 9.10. The maximum Gasteiger partial charge on any atom is 0.224 e. The van der Waals surface area contributed by atoms with Crippen molar-refractivity contribution in [3.05, 3.63) is 51.8 Å². The van der Waals surface area contributed by atoms with Crippen molar-refractivity contribution in [3.8, 4) is 0 Å². The molecule has 4 rings (SSSR count). The molecule has 0 saturated carbocycles.